The van der Waals surface area contributed by atoms with E-state index in [1.165, 1.54) is 11.1 Å². The molecule has 0 radical (unpaired) electrons. The summed E-state index contributed by atoms with van der Waals surface area (Å²) in [5, 5.41) is 3.66. The minimum Gasteiger partial charge on any atom is -0.354 e. The van der Waals surface area contributed by atoms with E-state index in [9.17, 15) is 0 Å². The smallest absolute Gasteiger partial charge is 0.0896 e. The minimum absolute atomic E-state index is 0.740. The van der Waals surface area contributed by atoms with Crippen molar-refractivity contribution in [3.05, 3.63) is 113 Å². The molecule has 3 aromatic rings. The van der Waals surface area contributed by atoms with Crippen molar-refractivity contribution in [2.45, 2.75) is 26.7 Å². The van der Waals surface area contributed by atoms with Crippen molar-refractivity contribution in [3.8, 4) is 11.3 Å². The highest BCUT2D eigenvalue weighted by Crippen LogP contribution is 2.33. The molecule has 2 aliphatic rings. The van der Waals surface area contributed by atoms with E-state index in [2.05, 4.69) is 84.6 Å². The molecule has 38 heavy (non-hydrogen) atoms. The third-order valence-corrected chi connectivity index (χ3v) is 6.75. The number of anilines is 1. The average Bonchev–Trinajstić information content (AvgIpc) is 2.95. The van der Waals surface area contributed by atoms with Crippen molar-refractivity contribution in [2.24, 2.45) is 4.99 Å². The molecular weight excluding hydrogens is 468 g/mol. The third-order valence-electron chi connectivity index (χ3n) is 6.75. The lowest BCUT2D eigenvalue weighted by molar-refractivity contribution is 0.449. The van der Waals surface area contributed by atoms with Crippen molar-refractivity contribution < 1.29 is 0 Å². The number of fused-ring (bicyclic) bond motifs is 2. The number of rotatable bonds is 7. The van der Waals surface area contributed by atoms with Crippen LogP contribution in [0.15, 0.2) is 95.7 Å². The van der Waals surface area contributed by atoms with Gasteiger partial charge in [0.05, 0.1) is 22.8 Å². The largest absolute Gasteiger partial charge is 0.354 e. The number of hydrogen-bond donors (Lipinski definition) is 1. The van der Waals surface area contributed by atoms with Gasteiger partial charge >= 0.3 is 0 Å². The molecule has 0 bridgehead atoms. The summed E-state index contributed by atoms with van der Waals surface area (Å²) in [6.45, 7) is 5.75. The first-order valence-corrected chi connectivity index (χ1v) is 13.1. The van der Waals surface area contributed by atoms with Crippen LogP contribution in [0.3, 0.4) is 0 Å². The molecule has 0 aliphatic carbocycles. The van der Waals surface area contributed by atoms with E-state index >= 15 is 0 Å². The van der Waals surface area contributed by atoms with Gasteiger partial charge in [-0.25, -0.2) is 0 Å². The van der Waals surface area contributed by atoms with Crippen LogP contribution in [-0.4, -0.2) is 52.7 Å². The monoisotopic (exact) mass is 502 g/mol. The summed E-state index contributed by atoms with van der Waals surface area (Å²) in [6, 6.07) is 8.30. The topological polar surface area (TPSA) is 66.3 Å². The fourth-order valence-electron chi connectivity index (χ4n) is 5.03. The zero-order valence-corrected chi connectivity index (χ0v) is 22.6. The van der Waals surface area contributed by atoms with Gasteiger partial charge in [0.1, 0.15) is 0 Å². The van der Waals surface area contributed by atoms with E-state index in [0.717, 1.165) is 76.7 Å². The maximum absolute atomic E-state index is 4.97. The van der Waals surface area contributed by atoms with E-state index in [1.54, 1.807) is 0 Å². The Bertz CT molecular complexity index is 1480. The molecule has 1 N–H and O–H groups in total. The predicted molar refractivity (Wildman–Crippen MR) is 157 cm³/mol. The van der Waals surface area contributed by atoms with Gasteiger partial charge in [-0.1, -0.05) is 30.4 Å². The van der Waals surface area contributed by atoms with Gasteiger partial charge in [-0.05, 0) is 69.8 Å². The first-order valence-electron chi connectivity index (χ1n) is 13.1. The second-order valence-electron chi connectivity index (χ2n) is 9.77. The first-order chi connectivity index (χ1) is 18.6. The molecule has 0 unspecified atom stereocenters. The molecule has 0 atom stereocenters. The Morgan fingerprint density at radius 3 is 2.68 bits per heavy atom. The van der Waals surface area contributed by atoms with E-state index in [4.69, 9.17) is 9.98 Å². The van der Waals surface area contributed by atoms with Gasteiger partial charge in [0.25, 0.3) is 0 Å². The number of nitrogens with one attached hydrogen (secondary N) is 1. The van der Waals surface area contributed by atoms with Crippen molar-refractivity contribution in [2.75, 3.05) is 32.5 Å². The summed E-state index contributed by atoms with van der Waals surface area (Å²) in [6.07, 6.45) is 20.0. The second-order valence-corrected chi connectivity index (χ2v) is 9.77. The second kappa shape index (κ2) is 11.5. The van der Waals surface area contributed by atoms with Gasteiger partial charge in [0.2, 0.25) is 0 Å². The lowest BCUT2D eigenvalue weighted by atomic mass is 9.93. The van der Waals surface area contributed by atoms with Crippen LogP contribution in [0.4, 0.5) is 5.69 Å². The first kappa shape index (κ1) is 25.5. The molecule has 0 fully saturated rings. The van der Waals surface area contributed by atoms with Crippen LogP contribution in [0.2, 0.25) is 0 Å². The molecule has 0 spiro atoms. The molecular formula is C32H34N6. The molecule has 2 aliphatic heterocycles. The quantitative estimate of drug-likeness (QED) is 0.407. The molecule has 3 aromatic heterocycles. The summed E-state index contributed by atoms with van der Waals surface area (Å²) in [5.74, 6) is 0. The number of pyridine rings is 3. The van der Waals surface area contributed by atoms with Crippen LogP contribution in [0.1, 0.15) is 36.2 Å². The highest BCUT2D eigenvalue weighted by Gasteiger charge is 2.24. The van der Waals surface area contributed by atoms with Gasteiger partial charge < -0.3 is 10.2 Å². The van der Waals surface area contributed by atoms with Crippen molar-refractivity contribution >= 4 is 17.0 Å². The Hall–Kier alpha value is -4.16. The normalized spacial score (nSPS) is 15.6. The van der Waals surface area contributed by atoms with Gasteiger partial charge in [-0.3, -0.25) is 19.9 Å². The maximum atomic E-state index is 4.97. The van der Waals surface area contributed by atoms with Gasteiger partial charge in [0, 0.05) is 72.2 Å². The Labute approximate surface area is 225 Å². The Kier molecular flexibility index (Phi) is 7.70. The van der Waals surface area contributed by atoms with Crippen LogP contribution >= 0.6 is 0 Å². The number of hydrogen-bond acceptors (Lipinski definition) is 6. The molecule has 5 rings (SSSR count). The minimum atomic E-state index is 0.740. The van der Waals surface area contributed by atoms with E-state index in [-0.39, 0.29) is 0 Å². The molecule has 0 saturated carbocycles. The van der Waals surface area contributed by atoms with Crippen molar-refractivity contribution in [1.29, 1.82) is 0 Å². The zero-order valence-electron chi connectivity index (χ0n) is 22.6. The molecule has 0 saturated heterocycles. The van der Waals surface area contributed by atoms with Gasteiger partial charge in [0.15, 0.2) is 0 Å². The molecule has 6 nitrogen and oxygen atoms in total. The zero-order chi connectivity index (χ0) is 26.5. The lowest BCUT2D eigenvalue weighted by Crippen LogP contribution is -2.23. The lowest BCUT2D eigenvalue weighted by Gasteiger charge is -2.25. The molecule has 192 valence electrons. The predicted octanol–water partition coefficient (Wildman–Crippen LogP) is 5.90. The summed E-state index contributed by atoms with van der Waals surface area (Å²) in [7, 11) is 4.18. The number of nitrogens with zero attached hydrogens (tertiary/aromatic N) is 5. The van der Waals surface area contributed by atoms with Gasteiger partial charge in [-0.2, -0.15) is 0 Å². The van der Waals surface area contributed by atoms with Crippen molar-refractivity contribution in [3.63, 3.8) is 0 Å². The van der Waals surface area contributed by atoms with Crippen LogP contribution in [0.25, 0.3) is 16.8 Å². The highest BCUT2D eigenvalue weighted by molar-refractivity contribution is 6.16. The third kappa shape index (κ3) is 5.41. The van der Waals surface area contributed by atoms with Gasteiger partial charge in [-0.15, -0.1) is 0 Å². The number of allylic oxidation sites excluding steroid dienone is 6. The molecule has 0 amide bonds. The fraction of sp³-hybridized carbons (Fsp3) is 0.250. The Balaban J connectivity index is 1.47. The Morgan fingerprint density at radius 2 is 1.92 bits per heavy atom. The van der Waals surface area contributed by atoms with E-state index in [1.807, 2.05) is 43.0 Å². The number of aliphatic imine (C=N–C) groups is 1. The SMILES string of the molecule is C/C=C/C(=C\C(=C/C)c1cnc2c(c1)C(C1=CCc3c(ccnc3-c3ccncc3)N1)=NCC2)CN(C)C. The van der Waals surface area contributed by atoms with Crippen molar-refractivity contribution in [1.82, 2.24) is 19.9 Å². The highest BCUT2D eigenvalue weighted by atomic mass is 15.0. The number of likely N-dealkylation sites (N-methyl/N-ethyl adjacent to an activating group) is 1. The molecule has 6 heteroatoms. The molecule has 5 heterocycles. The van der Waals surface area contributed by atoms with Crippen LogP contribution in [0, 0.1) is 0 Å². The standard InChI is InChI=1S/C32H34N6/c1-5-7-22(21-38(3)4)18-23(6-2)25-19-27-28(36-20-25)12-16-35-32(27)30-9-8-26-29(37-30)13-17-34-31(26)24-10-14-33-15-11-24/h5-7,9-11,13-15,17-20,37H,8,12,16,21H2,1-4H3/b7-5+,22-18+,23-6+. The van der Waals surface area contributed by atoms with E-state index < -0.39 is 0 Å². The Morgan fingerprint density at radius 1 is 1.08 bits per heavy atom. The summed E-state index contributed by atoms with van der Waals surface area (Å²) >= 11 is 0. The van der Waals surface area contributed by atoms with E-state index in [0.29, 0.717) is 0 Å². The van der Waals surface area contributed by atoms with Crippen LogP contribution in [-0.2, 0) is 12.8 Å². The summed E-state index contributed by atoms with van der Waals surface area (Å²) in [5.41, 5.74) is 12.0. The maximum Gasteiger partial charge on any atom is 0.0896 e. The number of aromatic nitrogens is 3. The summed E-state index contributed by atoms with van der Waals surface area (Å²) < 4.78 is 0. The fourth-order valence-corrected chi connectivity index (χ4v) is 5.03. The van der Waals surface area contributed by atoms with Crippen LogP contribution in [0.5, 0.6) is 0 Å². The molecule has 0 aromatic carbocycles. The average molecular weight is 503 g/mol. The van der Waals surface area contributed by atoms with Crippen LogP contribution < -0.4 is 5.32 Å². The summed E-state index contributed by atoms with van der Waals surface area (Å²) in [4.78, 5) is 20.9.